The van der Waals surface area contributed by atoms with E-state index in [1.54, 1.807) is 6.07 Å². The molecule has 1 aromatic carbocycles. The lowest BCUT2D eigenvalue weighted by Gasteiger charge is -1.98. The molecule has 1 aromatic heterocycles. The number of hydrogen-bond donors (Lipinski definition) is 3. The van der Waals surface area contributed by atoms with Gasteiger partial charge in [0.05, 0.1) is 0 Å². The number of phenols is 2. The zero-order valence-corrected chi connectivity index (χ0v) is 8.53. The smallest absolute Gasteiger partial charge is 0.158 e. The van der Waals surface area contributed by atoms with Crippen LogP contribution in [0, 0.1) is 0 Å². The highest BCUT2D eigenvalue weighted by molar-refractivity contribution is 7.14. The fourth-order valence-electron chi connectivity index (χ4n) is 1.11. The third-order valence-corrected chi connectivity index (χ3v) is 2.86. The highest BCUT2D eigenvalue weighted by Crippen LogP contribution is 2.31. The molecule has 0 amide bonds. The maximum atomic E-state index is 9.31. The highest BCUT2D eigenvalue weighted by atomic mass is 32.1. The summed E-state index contributed by atoms with van der Waals surface area (Å²) >= 11 is 1.36. The van der Waals surface area contributed by atoms with Crippen LogP contribution in [0.1, 0.15) is 5.01 Å². The number of aromatic hydroxyl groups is 2. The number of rotatable bonds is 2. The van der Waals surface area contributed by atoms with Crippen LogP contribution in [0.15, 0.2) is 18.2 Å². The van der Waals surface area contributed by atoms with Crippen molar-refractivity contribution in [1.82, 2.24) is 10.2 Å². The molecule has 6 heteroatoms. The molecule has 0 spiro atoms. The molecule has 2 rings (SSSR count). The molecule has 0 aliphatic rings. The van der Waals surface area contributed by atoms with Crippen molar-refractivity contribution in [3.05, 3.63) is 23.2 Å². The minimum atomic E-state index is -0.169. The number of hydrogen-bond acceptors (Lipinski definition) is 6. The first kappa shape index (κ1) is 9.88. The molecule has 0 bridgehead atoms. The number of nitrogens with two attached hydrogens (primary N) is 1. The van der Waals surface area contributed by atoms with E-state index in [1.165, 1.54) is 23.5 Å². The van der Waals surface area contributed by atoms with E-state index in [-0.39, 0.29) is 11.5 Å². The molecule has 0 fully saturated rings. The van der Waals surface area contributed by atoms with E-state index >= 15 is 0 Å². The average Bonchev–Trinajstić information content (AvgIpc) is 2.70. The molecule has 15 heavy (non-hydrogen) atoms. The van der Waals surface area contributed by atoms with Gasteiger partial charge in [-0.25, -0.2) is 0 Å². The van der Waals surface area contributed by atoms with Crippen LogP contribution in [0.4, 0.5) is 0 Å². The van der Waals surface area contributed by atoms with Crippen LogP contribution in [0.5, 0.6) is 11.5 Å². The van der Waals surface area contributed by atoms with Gasteiger partial charge in [-0.2, -0.15) is 0 Å². The standard InChI is InChI=1S/C9H9N3O2S/c10-4-8-11-12-9(15-8)5-1-2-6(13)7(14)3-5/h1-3,13-14H,4,10H2. The molecule has 0 saturated heterocycles. The van der Waals surface area contributed by atoms with Gasteiger partial charge in [0.15, 0.2) is 11.5 Å². The molecule has 5 nitrogen and oxygen atoms in total. The monoisotopic (exact) mass is 223 g/mol. The van der Waals surface area contributed by atoms with Gasteiger partial charge >= 0.3 is 0 Å². The summed E-state index contributed by atoms with van der Waals surface area (Å²) < 4.78 is 0. The Labute approximate surface area is 89.8 Å². The molecule has 1 heterocycles. The highest BCUT2D eigenvalue weighted by Gasteiger charge is 2.07. The molecule has 0 aliphatic heterocycles. The van der Waals surface area contributed by atoms with Gasteiger partial charge in [-0.15, -0.1) is 10.2 Å². The summed E-state index contributed by atoms with van der Waals surface area (Å²) in [7, 11) is 0. The summed E-state index contributed by atoms with van der Waals surface area (Å²) in [5.41, 5.74) is 6.12. The van der Waals surface area contributed by atoms with E-state index in [9.17, 15) is 5.11 Å². The summed E-state index contributed by atoms with van der Waals surface area (Å²) in [4.78, 5) is 0. The van der Waals surface area contributed by atoms with Crippen LogP contribution in [0.25, 0.3) is 10.6 Å². The number of phenolic OH excluding ortho intramolecular Hbond substituents is 2. The van der Waals surface area contributed by atoms with Gasteiger partial charge in [-0.05, 0) is 18.2 Å². The molecule has 4 N–H and O–H groups in total. The first-order valence-electron chi connectivity index (χ1n) is 4.25. The molecule has 2 aromatic rings. The Hall–Kier alpha value is -1.66. The second-order valence-electron chi connectivity index (χ2n) is 2.91. The zero-order chi connectivity index (χ0) is 10.8. The Morgan fingerprint density at radius 1 is 1.20 bits per heavy atom. The van der Waals surface area contributed by atoms with Crippen molar-refractivity contribution in [3.63, 3.8) is 0 Å². The molecule has 0 saturated carbocycles. The topological polar surface area (TPSA) is 92.3 Å². The molecule has 0 unspecified atom stereocenters. The lowest BCUT2D eigenvalue weighted by molar-refractivity contribution is 0.404. The Balaban J connectivity index is 2.40. The van der Waals surface area contributed by atoms with Gasteiger partial charge in [0.2, 0.25) is 0 Å². The van der Waals surface area contributed by atoms with E-state index in [4.69, 9.17) is 10.8 Å². The van der Waals surface area contributed by atoms with Crippen molar-refractivity contribution in [3.8, 4) is 22.1 Å². The fraction of sp³-hybridized carbons (Fsp3) is 0.111. The fourth-order valence-corrected chi connectivity index (χ4v) is 1.82. The second kappa shape index (κ2) is 3.84. The van der Waals surface area contributed by atoms with E-state index in [0.29, 0.717) is 17.1 Å². The van der Waals surface area contributed by atoms with Crippen molar-refractivity contribution < 1.29 is 10.2 Å². The summed E-state index contributed by atoms with van der Waals surface area (Å²) in [5, 5.41) is 27.6. The summed E-state index contributed by atoms with van der Waals surface area (Å²) in [5.74, 6) is -0.320. The molecule has 0 radical (unpaired) electrons. The first-order valence-corrected chi connectivity index (χ1v) is 5.07. The van der Waals surface area contributed by atoms with Crippen LogP contribution in [-0.2, 0) is 6.54 Å². The Morgan fingerprint density at radius 3 is 2.60 bits per heavy atom. The summed E-state index contributed by atoms with van der Waals surface area (Å²) in [6.07, 6.45) is 0. The number of benzene rings is 1. The lowest BCUT2D eigenvalue weighted by Crippen LogP contribution is -1.94. The number of aromatic nitrogens is 2. The van der Waals surface area contributed by atoms with Gasteiger partial charge < -0.3 is 15.9 Å². The van der Waals surface area contributed by atoms with Gasteiger partial charge in [-0.1, -0.05) is 11.3 Å². The van der Waals surface area contributed by atoms with Gasteiger partial charge in [-0.3, -0.25) is 0 Å². The minimum Gasteiger partial charge on any atom is -0.504 e. The van der Waals surface area contributed by atoms with Gasteiger partial charge in [0.1, 0.15) is 10.0 Å². The van der Waals surface area contributed by atoms with Crippen LogP contribution >= 0.6 is 11.3 Å². The lowest BCUT2D eigenvalue weighted by atomic mass is 10.2. The van der Waals surface area contributed by atoms with E-state index in [2.05, 4.69) is 10.2 Å². The number of nitrogens with zero attached hydrogens (tertiary/aromatic N) is 2. The maximum Gasteiger partial charge on any atom is 0.158 e. The third-order valence-electron chi connectivity index (χ3n) is 1.86. The SMILES string of the molecule is NCc1nnc(-c2ccc(O)c(O)c2)s1. The third kappa shape index (κ3) is 1.90. The van der Waals surface area contributed by atoms with Crippen molar-refractivity contribution in [1.29, 1.82) is 0 Å². The van der Waals surface area contributed by atoms with Crippen LogP contribution in [0.2, 0.25) is 0 Å². The van der Waals surface area contributed by atoms with Crippen LogP contribution in [0.3, 0.4) is 0 Å². The summed E-state index contributed by atoms with van der Waals surface area (Å²) in [6.45, 7) is 0.349. The Bertz CT molecular complexity index is 484. The van der Waals surface area contributed by atoms with E-state index in [0.717, 1.165) is 5.01 Å². The predicted octanol–water partition coefficient (Wildman–Crippen LogP) is 1.07. The molecule has 0 atom stereocenters. The van der Waals surface area contributed by atoms with Crippen LogP contribution < -0.4 is 5.73 Å². The van der Waals surface area contributed by atoms with E-state index < -0.39 is 0 Å². The van der Waals surface area contributed by atoms with Crippen molar-refractivity contribution >= 4 is 11.3 Å². The minimum absolute atomic E-state index is 0.151. The normalized spacial score (nSPS) is 10.5. The Morgan fingerprint density at radius 2 is 2.00 bits per heavy atom. The van der Waals surface area contributed by atoms with Gasteiger partial charge in [0, 0.05) is 12.1 Å². The molecular formula is C9H9N3O2S. The molecule has 0 aliphatic carbocycles. The maximum absolute atomic E-state index is 9.31. The molecule has 78 valence electrons. The van der Waals surface area contributed by atoms with Gasteiger partial charge in [0.25, 0.3) is 0 Å². The van der Waals surface area contributed by atoms with Crippen molar-refractivity contribution in [2.75, 3.05) is 0 Å². The average molecular weight is 223 g/mol. The molecular weight excluding hydrogens is 214 g/mol. The zero-order valence-electron chi connectivity index (χ0n) is 7.71. The van der Waals surface area contributed by atoms with E-state index in [1.807, 2.05) is 0 Å². The van der Waals surface area contributed by atoms with Crippen molar-refractivity contribution in [2.45, 2.75) is 6.54 Å². The first-order chi connectivity index (χ1) is 7.20. The summed E-state index contributed by atoms with van der Waals surface area (Å²) in [6, 6.07) is 4.51. The Kier molecular flexibility index (Phi) is 2.53. The quantitative estimate of drug-likeness (QED) is 0.662. The largest absolute Gasteiger partial charge is 0.504 e. The van der Waals surface area contributed by atoms with Crippen molar-refractivity contribution in [2.24, 2.45) is 5.73 Å². The van der Waals surface area contributed by atoms with Crippen LogP contribution in [-0.4, -0.2) is 20.4 Å². The predicted molar refractivity (Wildman–Crippen MR) is 56.6 cm³/mol. The second-order valence-corrected chi connectivity index (χ2v) is 3.97.